The van der Waals surface area contributed by atoms with Gasteiger partial charge in [0, 0.05) is 37.3 Å². The molecule has 1 aliphatic rings. The summed E-state index contributed by atoms with van der Waals surface area (Å²) in [5.41, 5.74) is 5.81. The lowest BCUT2D eigenvalue weighted by molar-refractivity contribution is 0.184. The minimum Gasteiger partial charge on any atom is -0.337 e. The topological polar surface area (TPSA) is 57.3 Å². The summed E-state index contributed by atoms with van der Waals surface area (Å²) in [7, 11) is 0. The molecule has 1 aromatic heterocycles. The molecule has 1 atom stereocenters. The second kappa shape index (κ2) is 9.84. The highest BCUT2D eigenvalue weighted by molar-refractivity contribution is 6.00. The first kappa shape index (κ1) is 21.2. The van der Waals surface area contributed by atoms with Gasteiger partial charge in [0.05, 0.1) is 11.2 Å². The number of hydrogen-bond donors (Lipinski definition) is 2. The predicted molar refractivity (Wildman–Crippen MR) is 133 cm³/mol. The lowest BCUT2D eigenvalue weighted by Crippen LogP contribution is -2.42. The molecule has 5 heteroatoms. The van der Waals surface area contributed by atoms with E-state index in [1.807, 2.05) is 30.3 Å². The van der Waals surface area contributed by atoms with Crippen LogP contribution in [0.5, 0.6) is 0 Å². The zero-order valence-corrected chi connectivity index (χ0v) is 18.6. The standard InChI is InChI=1S/C28H28N4O/c33-28(31-26-14-16-29-25-13-7-6-12-24(25)26)30-17-19-32-18-15-22-10-4-5-11-23(22)27(32)20-21-8-2-1-3-9-21/h1-14,16,27H,15,17-20H2,(H2,29,30,31,33). The summed E-state index contributed by atoms with van der Waals surface area (Å²) in [5.74, 6) is 0. The van der Waals surface area contributed by atoms with E-state index in [0.717, 1.165) is 42.5 Å². The fraction of sp³-hybridized carbons (Fsp3) is 0.214. The number of benzene rings is 3. The lowest BCUT2D eigenvalue weighted by atomic mass is 9.88. The molecule has 2 N–H and O–H groups in total. The Balaban J connectivity index is 1.24. The number of rotatable bonds is 6. The molecule has 0 radical (unpaired) electrons. The van der Waals surface area contributed by atoms with Crippen LogP contribution in [0.1, 0.15) is 22.7 Å². The van der Waals surface area contributed by atoms with Crippen molar-refractivity contribution in [3.63, 3.8) is 0 Å². The molecule has 0 saturated carbocycles. The van der Waals surface area contributed by atoms with E-state index in [2.05, 4.69) is 75.1 Å². The van der Waals surface area contributed by atoms with Crippen molar-refractivity contribution < 1.29 is 4.79 Å². The van der Waals surface area contributed by atoms with Gasteiger partial charge in [0.15, 0.2) is 0 Å². The van der Waals surface area contributed by atoms with Crippen LogP contribution in [0.25, 0.3) is 10.9 Å². The van der Waals surface area contributed by atoms with Crippen molar-refractivity contribution in [2.45, 2.75) is 18.9 Å². The minimum atomic E-state index is -0.191. The van der Waals surface area contributed by atoms with Crippen molar-refractivity contribution in [1.29, 1.82) is 0 Å². The molecule has 0 aliphatic carbocycles. The van der Waals surface area contributed by atoms with Crippen LogP contribution in [0.2, 0.25) is 0 Å². The fourth-order valence-electron chi connectivity index (χ4n) is 4.73. The van der Waals surface area contributed by atoms with Gasteiger partial charge in [-0.1, -0.05) is 72.8 Å². The Morgan fingerprint density at radius 2 is 1.73 bits per heavy atom. The van der Waals surface area contributed by atoms with Gasteiger partial charge in [0.25, 0.3) is 0 Å². The smallest absolute Gasteiger partial charge is 0.319 e. The highest BCUT2D eigenvalue weighted by Crippen LogP contribution is 2.32. The summed E-state index contributed by atoms with van der Waals surface area (Å²) < 4.78 is 0. The number of amides is 2. The largest absolute Gasteiger partial charge is 0.337 e. The molecule has 33 heavy (non-hydrogen) atoms. The number of carbonyl (C=O) groups is 1. The van der Waals surface area contributed by atoms with Crippen LogP contribution in [0.3, 0.4) is 0 Å². The highest BCUT2D eigenvalue weighted by Gasteiger charge is 2.27. The maximum absolute atomic E-state index is 12.6. The maximum atomic E-state index is 12.6. The summed E-state index contributed by atoms with van der Waals surface area (Å²) in [5, 5.41) is 6.96. The molecule has 3 aromatic carbocycles. The van der Waals surface area contributed by atoms with Crippen LogP contribution in [0.15, 0.2) is 91.1 Å². The normalized spacial score (nSPS) is 15.7. The zero-order chi connectivity index (χ0) is 22.5. The molecule has 166 valence electrons. The van der Waals surface area contributed by atoms with E-state index in [-0.39, 0.29) is 6.03 Å². The van der Waals surface area contributed by atoms with E-state index in [4.69, 9.17) is 0 Å². The molecule has 2 amide bonds. The minimum absolute atomic E-state index is 0.191. The van der Waals surface area contributed by atoms with E-state index in [1.165, 1.54) is 16.7 Å². The molecule has 4 aromatic rings. The SMILES string of the molecule is O=C(NCCN1CCc2ccccc2C1Cc1ccccc1)Nc1ccnc2ccccc12. The molecule has 0 bridgehead atoms. The molecular weight excluding hydrogens is 408 g/mol. The predicted octanol–water partition coefficient (Wildman–Crippen LogP) is 5.20. The van der Waals surface area contributed by atoms with Crippen molar-refractivity contribution in [3.8, 4) is 0 Å². The lowest BCUT2D eigenvalue weighted by Gasteiger charge is -2.37. The number of carbonyl (C=O) groups excluding carboxylic acids is 1. The van der Waals surface area contributed by atoms with Gasteiger partial charge >= 0.3 is 6.03 Å². The first-order valence-corrected chi connectivity index (χ1v) is 11.5. The second-order valence-corrected chi connectivity index (χ2v) is 8.45. The van der Waals surface area contributed by atoms with Gasteiger partial charge < -0.3 is 10.6 Å². The third-order valence-electron chi connectivity index (χ3n) is 6.38. The van der Waals surface area contributed by atoms with Gasteiger partial charge in [-0.3, -0.25) is 9.88 Å². The van der Waals surface area contributed by atoms with Crippen LogP contribution in [-0.2, 0) is 12.8 Å². The molecule has 0 saturated heterocycles. The Labute approximate surface area is 194 Å². The first-order chi connectivity index (χ1) is 16.3. The van der Waals surface area contributed by atoms with E-state index in [0.29, 0.717) is 12.6 Å². The molecule has 5 rings (SSSR count). The number of para-hydroxylation sites is 1. The van der Waals surface area contributed by atoms with Gasteiger partial charge in [-0.05, 0) is 41.7 Å². The molecule has 1 unspecified atom stereocenters. The van der Waals surface area contributed by atoms with Crippen molar-refractivity contribution in [3.05, 3.63) is 108 Å². The summed E-state index contributed by atoms with van der Waals surface area (Å²) >= 11 is 0. The van der Waals surface area contributed by atoms with Crippen LogP contribution in [0.4, 0.5) is 10.5 Å². The van der Waals surface area contributed by atoms with Crippen LogP contribution in [0, 0.1) is 0 Å². The summed E-state index contributed by atoms with van der Waals surface area (Å²) in [6.07, 6.45) is 3.72. The van der Waals surface area contributed by atoms with Crippen LogP contribution < -0.4 is 10.6 Å². The average Bonchev–Trinajstić information content (AvgIpc) is 2.86. The average molecular weight is 437 g/mol. The van der Waals surface area contributed by atoms with E-state index >= 15 is 0 Å². The van der Waals surface area contributed by atoms with Crippen LogP contribution >= 0.6 is 0 Å². The number of fused-ring (bicyclic) bond motifs is 2. The quantitative estimate of drug-likeness (QED) is 0.437. The van der Waals surface area contributed by atoms with Crippen molar-refractivity contribution in [2.24, 2.45) is 0 Å². The third kappa shape index (κ3) is 4.89. The molecular formula is C28H28N4O. The Morgan fingerprint density at radius 1 is 0.939 bits per heavy atom. The fourth-order valence-corrected chi connectivity index (χ4v) is 4.73. The van der Waals surface area contributed by atoms with E-state index in [9.17, 15) is 4.79 Å². The Hall–Kier alpha value is -3.70. The van der Waals surface area contributed by atoms with Gasteiger partial charge in [-0.2, -0.15) is 0 Å². The molecule has 0 fully saturated rings. The van der Waals surface area contributed by atoms with E-state index in [1.54, 1.807) is 6.20 Å². The number of anilines is 1. The van der Waals surface area contributed by atoms with Crippen molar-refractivity contribution in [1.82, 2.24) is 15.2 Å². The van der Waals surface area contributed by atoms with Crippen molar-refractivity contribution >= 4 is 22.6 Å². The van der Waals surface area contributed by atoms with Gasteiger partial charge in [-0.15, -0.1) is 0 Å². The number of hydrogen-bond acceptors (Lipinski definition) is 3. The van der Waals surface area contributed by atoms with Gasteiger partial charge in [0.2, 0.25) is 0 Å². The summed E-state index contributed by atoms with van der Waals surface area (Å²) in [4.78, 5) is 19.5. The second-order valence-electron chi connectivity index (χ2n) is 8.45. The first-order valence-electron chi connectivity index (χ1n) is 11.5. The van der Waals surface area contributed by atoms with E-state index < -0.39 is 0 Å². The number of aromatic nitrogens is 1. The number of urea groups is 1. The Morgan fingerprint density at radius 3 is 2.64 bits per heavy atom. The van der Waals surface area contributed by atoms with Gasteiger partial charge in [-0.25, -0.2) is 4.79 Å². The monoisotopic (exact) mass is 436 g/mol. The molecule has 1 aliphatic heterocycles. The number of nitrogens with one attached hydrogen (secondary N) is 2. The third-order valence-corrected chi connectivity index (χ3v) is 6.38. The Bertz CT molecular complexity index is 1240. The summed E-state index contributed by atoms with van der Waals surface area (Å²) in [6, 6.07) is 29.2. The highest BCUT2D eigenvalue weighted by atomic mass is 16.2. The number of nitrogens with zero attached hydrogens (tertiary/aromatic N) is 2. The van der Waals surface area contributed by atoms with Crippen molar-refractivity contribution in [2.75, 3.05) is 25.0 Å². The summed E-state index contributed by atoms with van der Waals surface area (Å²) in [6.45, 7) is 2.38. The maximum Gasteiger partial charge on any atom is 0.319 e. The molecule has 5 nitrogen and oxygen atoms in total. The van der Waals surface area contributed by atoms with Gasteiger partial charge in [0.1, 0.15) is 0 Å². The zero-order valence-electron chi connectivity index (χ0n) is 18.6. The molecule has 0 spiro atoms. The number of pyridine rings is 1. The Kier molecular flexibility index (Phi) is 6.31. The van der Waals surface area contributed by atoms with Crippen LogP contribution in [-0.4, -0.2) is 35.5 Å². The molecule has 2 heterocycles.